The van der Waals surface area contributed by atoms with Gasteiger partial charge in [-0.1, -0.05) is 26.0 Å². The topological polar surface area (TPSA) is 52.3 Å². The second-order valence-electron chi connectivity index (χ2n) is 4.49. The zero-order valence-electron chi connectivity index (χ0n) is 9.69. The van der Waals surface area contributed by atoms with Gasteiger partial charge in [0.25, 0.3) is 0 Å². The van der Waals surface area contributed by atoms with Gasteiger partial charge in [0.1, 0.15) is 5.75 Å². The van der Waals surface area contributed by atoms with Gasteiger partial charge in [0.05, 0.1) is 18.2 Å². The maximum atomic E-state index is 12.0. The van der Waals surface area contributed by atoms with E-state index in [0.29, 0.717) is 24.5 Å². The van der Waals surface area contributed by atoms with E-state index in [2.05, 4.69) is 13.8 Å². The molecule has 0 aliphatic carbocycles. The lowest BCUT2D eigenvalue weighted by Crippen LogP contribution is -2.30. The zero-order valence-corrected chi connectivity index (χ0v) is 9.69. The average Bonchev–Trinajstić information content (AvgIpc) is 2.40. The first kappa shape index (κ1) is 11.1. The van der Waals surface area contributed by atoms with Crippen molar-refractivity contribution in [1.29, 1.82) is 0 Å². The Morgan fingerprint density at radius 1 is 1.44 bits per heavy atom. The summed E-state index contributed by atoms with van der Waals surface area (Å²) in [6.45, 7) is 4.70. The third kappa shape index (κ3) is 1.83. The van der Waals surface area contributed by atoms with Crippen LogP contribution in [0.25, 0.3) is 0 Å². The Morgan fingerprint density at radius 3 is 2.88 bits per heavy atom. The molecule has 16 heavy (non-hydrogen) atoms. The van der Waals surface area contributed by atoms with Gasteiger partial charge in [0.15, 0.2) is 5.78 Å². The second-order valence-corrected chi connectivity index (χ2v) is 4.49. The fourth-order valence-corrected chi connectivity index (χ4v) is 1.98. The number of carbonyl (C=O) groups is 1. The second kappa shape index (κ2) is 4.26. The first-order valence-electron chi connectivity index (χ1n) is 5.66. The largest absolute Gasteiger partial charge is 0.492 e. The molecule has 1 aliphatic rings. The average molecular weight is 219 g/mol. The number of nitrogens with two attached hydrogens (primary N) is 1. The zero-order chi connectivity index (χ0) is 11.7. The van der Waals surface area contributed by atoms with Crippen molar-refractivity contribution in [2.45, 2.75) is 32.2 Å². The molecule has 0 saturated carbocycles. The van der Waals surface area contributed by atoms with Crippen LogP contribution in [0.2, 0.25) is 0 Å². The summed E-state index contributed by atoms with van der Waals surface area (Å²) in [7, 11) is 0. The number of benzene rings is 1. The van der Waals surface area contributed by atoms with Gasteiger partial charge >= 0.3 is 0 Å². The van der Waals surface area contributed by atoms with Crippen LogP contribution in [0.1, 0.15) is 42.1 Å². The molecule has 0 fully saturated rings. The fraction of sp³-hybridized carbons (Fsp3) is 0.462. The smallest absolute Gasteiger partial charge is 0.183 e. The summed E-state index contributed by atoms with van der Waals surface area (Å²) in [5.74, 6) is 1.07. The summed E-state index contributed by atoms with van der Waals surface area (Å²) in [6.07, 6.45) is 0.588. The van der Waals surface area contributed by atoms with Gasteiger partial charge in [-0.05, 0) is 17.5 Å². The highest BCUT2D eigenvalue weighted by atomic mass is 16.5. The summed E-state index contributed by atoms with van der Waals surface area (Å²) < 4.78 is 5.68. The van der Waals surface area contributed by atoms with E-state index in [1.54, 1.807) is 6.07 Å². The molecule has 0 bridgehead atoms. The minimum Gasteiger partial charge on any atom is -0.492 e. The predicted molar refractivity (Wildman–Crippen MR) is 62.9 cm³/mol. The Morgan fingerprint density at radius 2 is 2.19 bits per heavy atom. The number of ketones is 1. The van der Waals surface area contributed by atoms with Crippen LogP contribution in [-0.2, 0) is 0 Å². The lowest BCUT2D eigenvalue weighted by atomic mass is 9.95. The Kier molecular flexibility index (Phi) is 2.97. The number of carbonyl (C=O) groups excluding carboxylic acids is 1. The molecule has 3 nitrogen and oxygen atoms in total. The lowest BCUT2D eigenvalue weighted by molar-refractivity contribution is 0.0960. The number of hydrogen-bond donors (Lipinski definition) is 1. The Hall–Kier alpha value is -1.35. The molecule has 1 atom stereocenters. The summed E-state index contributed by atoms with van der Waals surface area (Å²) >= 11 is 0. The van der Waals surface area contributed by atoms with Crippen molar-refractivity contribution >= 4 is 5.78 Å². The number of ether oxygens (including phenoxy) is 1. The van der Waals surface area contributed by atoms with Crippen LogP contribution in [-0.4, -0.2) is 18.4 Å². The molecule has 1 aromatic carbocycles. The molecule has 0 aromatic heterocycles. The van der Waals surface area contributed by atoms with Crippen molar-refractivity contribution in [2.75, 3.05) is 6.61 Å². The monoisotopic (exact) mass is 219 g/mol. The number of Topliss-reactive ketones (excluding diaryl/α,β-unsaturated/α-hetero) is 1. The van der Waals surface area contributed by atoms with Crippen LogP contribution in [0.15, 0.2) is 18.2 Å². The van der Waals surface area contributed by atoms with Crippen LogP contribution >= 0.6 is 0 Å². The molecule has 3 heteroatoms. The molecule has 0 spiro atoms. The highest BCUT2D eigenvalue weighted by Gasteiger charge is 2.25. The van der Waals surface area contributed by atoms with E-state index in [1.807, 2.05) is 12.1 Å². The number of hydrogen-bond acceptors (Lipinski definition) is 3. The van der Waals surface area contributed by atoms with E-state index < -0.39 is 6.04 Å². The molecule has 2 rings (SSSR count). The third-order valence-corrected chi connectivity index (χ3v) is 2.94. The molecule has 1 aliphatic heterocycles. The quantitative estimate of drug-likeness (QED) is 0.787. The first-order valence-corrected chi connectivity index (χ1v) is 5.66. The van der Waals surface area contributed by atoms with Crippen molar-refractivity contribution in [2.24, 2.45) is 5.73 Å². The maximum Gasteiger partial charge on any atom is 0.183 e. The summed E-state index contributed by atoms with van der Waals surface area (Å²) in [5.41, 5.74) is 7.51. The Bertz CT molecular complexity index is 412. The van der Waals surface area contributed by atoms with E-state index in [4.69, 9.17) is 10.5 Å². The van der Waals surface area contributed by atoms with Gasteiger partial charge in [-0.2, -0.15) is 0 Å². The molecule has 1 aromatic rings. The molecule has 86 valence electrons. The van der Waals surface area contributed by atoms with Crippen LogP contribution in [0.4, 0.5) is 0 Å². The molecule has 0 radical (unpaired) electrons. The molecule has 0 amide bonds. The van der Waals surface area contributed by atoms with E-state index in [-0.39, 0.29) is 5.78 Å². The number of fused-ring (bicyclic) bond motifs is 1. The Labute approximate surface area is 95.6 Å². The minimum absolute atomic E-state index is 0.00463. The molecule has 2 N–H and O–H groups in total. The third-order valence-electron chi connectivity index (χ3n) is 2.94. The van der Waals surface area contributed by atoms with Crippen molar-refractivity contribution in [3.05, 3.63) is 29.3 Å². The molecule has 1 heterocycles. The summed E-state index contributed by atoms with van der Waals surface area (Å²) in [5, 5.41) is 0. The maximum absolute atomic E-state index is 12.0. The van der Waals surface area contributed by atoms with E-state index in [0.717, 1.165) is 11.3 Å². The fourth-order valence-electron chi connectivity index (χ4n) is 1.98. The lowest BCUT2D eigenvalue weighted by Gasteiger charge is -2.14. The minimum atomic E-state index is -0.427. The van der Waals surface area contributed by atoms with Crippen molar-refractivity contribution < 1.29 is 9.53 Å². The van der Waals surface area contributed by atoms with Gasteiger partial charge in [-0.3, -0.25) is 4.79 Å². The molecular weight excluding hydrogens is 202 g/mol. The van der Waals surface area contributed by atoms with Gasteiger partial charge in [-0.25, -0.2) is 0 Å². The van der Waals surface area contributed by atoms with Crippen molar-refractivity contribution in [1.82, 2.24) is 0 Å². The highest BCUT2D eigenvalue weighted by Crippen LogP contribution is 2.32. The van der Waals surface area contributed by atoms with Gasteiger partial charge in [-0.15, -0.1) is 0 Å². The van der Waals surface area contributed by atoms with E-state index >= 15 is 0 Å². The van der Waals surface area contributed by atoms with E-state index in [9.17, 15) is 4.79 Å². The van der Waals surface area contributed by atoms with Crippen molar-refractivity contribution in [3.8, 4) is 5.75 Å². The van der Waals surface area contributed by atoms with Crippen LogP contribution in [0.3, 0.4) is 0 Å². The van der Waals surface area contributed by atoms with Crippen LogP contribution < -0.4 is 10.5 Å². The predicted octanol–water partition coefficient (Wildman–Crippen LogP) is 2.10. The Balaban J connectivity index is 2.54. The standard InChI is InChI=1S/C13H17NO2/c1-8(2)9-4-3-5-10-12(15)11(14)6-7-16-13(9)10/h3-5,8,11H,6-7,14H2,1-2H3. The normalized spacial score (nSPS) is 20.2. The summed E-state index contributed by atoms with van der Waals surface area (Å²) in [6, 6.07) is 5.28. The van der Waals surface area contributed by atoms with Gasteiger partial charge in [0, 0.05) is 6.42 Å². The highest BCUT2D eigenvalue weighted by molar-refractivity contribution is 6.03. The summed E-state index contributed by atoms with van der Waals surface area (Å²) in [4.78, 5) is 12.0. The molecular formula is C13H17NO2. The first-order chi connectivity index (χ1) is 7.61. The number of para-hydroxylation sites is 1. The van der Waals surface area contributed by atoms with Crippen LogP contribution in [0.5, 0.6) is 5.75 Å². The SMILES string of the molecule is CC(C)c1cccc2c1OCCC(N)C2=O. The van der Waals surface area contributed by atoms with Crippen molar-refractivity contribution in [3.63, 3.8) is 0 Å². The molecule has 1 unspecified atom stereocenters. The van der Waals surface area contributed by atoms with Crippen LogP contribution in [0, 0.1) is 0 Å². The number of rotatable bonds is 1. The molecule has 0 saturated heterocycles. The van der Waals surface area contributed by atoms with E-state index in [1.165, 1.54) is 0 Å². The van der Waals surface area contributed by atoms with Gasteiger partial charge in [0.2, 0.25) is 0 Å². The van der Waals surface area contributed by atoms with Gasteiger partial charge < -0.3 is 10.5 Å².